The molecule has 6 heteroatoms. The van der Waals surface area contributed by atoms with E-state index >= 15 is 0 Å². The van der Waals surface area contributed by atoms with Crippen molar-refractivity contribution >= 4 is 17.8 Å². The highest BCUT2D eigenvalue weighted by Crippen LogP contribution is 2.49. The van der Waals surface area contributed by atoms with Crippen LogP contribution in [0.2, 0.25) is 0 Å². The van der Waals surface area contributed by atoms with E-state index in [1.807, 2.05) is 29.9 Å². The lowest BCUT2D eigenvalue weighted by atomic mass is 9.83. The van der Waals surface area contributed by atoms with E-state index in [9.17, 15) is 4.79 Å². The van der Waals surface area contributed by atoms with Crippen LogP contribution in [0, 0.1) is 0 Å². The Labute approximate surface area is 151 Å². The molecule has 0 bridgehead atoms. The average Bonchev–Trinajstić information content (AvgIpc) is 3.45. The van der Waals surface area contributed by atoms with Crippen molar-refractivity contribution in [2.45, 2.75) is 31.1 Å². The molecule has 1 atom stereocenters. The third-order valence-electron chi connectivity index (χ3n) is 5.47. The van der Waals surface area contributed by atoms with Gasteiger partial charge < -0.3 is 14.8 Å². The maximum atomic E-state index is 12.3. The van der Waals surface area contributed by atoms with Crippen molar-refractivity contribution in [2.24, 2.45) is 7.05 Å². The minimum atomic E-state index is 0.0161. The molecule has 1 fully saturated rings. The summed E-state index contributed by atoms with van der Waals surface area (Å²) < 4.78 is 13.2. The number of amides is 1. The highest BCUT2D eigenvalue weighted by molar-refractivity contribution is 5.95. The van der Waals surface area contributed by atoms with Gasteiger partial charge in [0.15, 0.2) is 11.5 Å². The highest BCUT2D eigenvalue weighted by atomic mass is 16.5. The van der Waals surface area contributed by atoms with Crippen LogP contribution in [0.1, 0.15) is 47.9 Å². The molecule has 0 spiro atoms. The molecule has 2 aliphatic heterocycles. The monoisotopic (exact) mass is 351 g/mol. The summed E-state index contributed by atoms with van der Waals surface area (Å²) in [6.07, 6.45) is 4.95. The van der Waals surface area contributed by atoms with E-state index in [1.165, 1.54) is 18.4 Å². The molecule has 3 aliphatic rings. The van der Waals surface area contributed by atoms with Crippen LogP contribution in [0.3, 0.4) is 0 Å². The Bertz CT molecular complexity index is 940. The molecule has 5 rings (SSSR count). The quantitative estimate of drug-likeness (QED) is 0.922. The van der Waals surface area contributed by atoms with Crippen LogP contribution in [0.5, 0.6) is 11.5 Å². The van der Waals surface area contributed by atoms with Gasteiger partial charge in [-0.15, -0.1) is 0 Å². The second-order valence-corrected chi connectivity index (χ2v) is 7.24. The third-order valence-corrected chi connectivity index (χ3v) is 5.47. The van der Waals surface area contributed by atoms with Crippen molar-refractivity contribution in [1.82, 2.24) is 9.78 Å². The maximum Gasteiger partial charge on any atom is 0.226 e. The predicted octanol–water partition coefficient (Wildman–Crippen LogP) is 3.21. The number of nitrogens with zero attached hydrogens (tertiary/aromatic N) is 2. The number of methoxy groups -OCH3 is 1. The van der Waals surface area contributed by atoms with Crippen LogP contribution in [0.25, 0.3) is 6.08 Å². The molecule has 1 aromatic heterocycles. The first-order valence-corrected chi connectivity index (χ1v) is 9.02. The number of hydrogen-bond acceptors (Lipinski definition) is 4. The fourth-order valence-electron chi connectivity index (χ4n) is 4.06. The minimum Gasteiger partial charge on any atom is -0.493 e. The number of anilines is 1. The van der Waals surface area contributed by atoms with Crippen molar-refractivity contribution in [1.29, 1.82) is 0 Å². The molecule has 1 amide bonds. The number of hydrogen-bond donors (Lipinski definition) is 1. The van der Waals surface area contributed by atoms with E-state index in [2.05, 4.69) is 11.4 Å². The maximum absolute atomic E-state index is 12.3. The number of carbonyl (C=O) groups excluding carboxylic acids is 1. The summed E-state index contributed by atoms with van der Waals surface area (Å²) in [6.45, 7) is 0.462. The Morgan fingerprint density at radius 3 is 2.96 bits per heavy atom. The van der Waals surface area contributed by atoms with Crippen LogP contribution in [-0.4, -0.2) is 29.4 Å². The molecule has 1 N–H and O–H groups in total. The standard InChI is InChI=1S/C20H21N3O3/c1-23-20-17(18(22-23)11-6-7-11)14(9-16(24)21-20)13-8-12-4-3-5-15(25-2)19(12)26-10-13/h3-5,8,11,14H,6-7,9-10H2,1-2H3,(H,21,24). The van der Waals surface area contributed by atoms with E-state index in [0.717, 1.165) is 34.1 Å². The van der Waals surface area contributed by atoms with Gasteiger partial charge >= 0.3 is 0 Å². The summed E-state index contributed by atoms with van der Waals surface area (Å²) in [4.78, 5) is 12.3. The van der Waals surface area contributed by atoms with Crippen LogP contribution in [0.15, 0.2) is 23.8 Å². The number of ether oxygens (including phenoxy) is 2. The van der Waals surface area contributed by atoms with Crippen LogP contribution < -0.4 is 14.8 Å². The normalized spacial score (nSPS) is 21.2. The predicted molar refractivity (Wildman–Crippen MR) is 97.6 cm³/mol. The fraction of sp³-hybridized carbons (Fsp3) is 0.400. The molecular formula is C20H21N3O3. The molecule has 0 saturated heterocycles. The summed E-state index contributed by atoms with van der Waals surface area (Å²) in [7, 11) is 3.55. The smallest absolute Gasteiger partial charge is 0.226 e. The second kappa shape index (κ2) is 5.62. The first kappa shape index (κ1) is 15.5. The molecule has 26 heavy (non-hydrogen) atoms. The van der Waals surface area contributed by atoms with Gasteiger partial charge in [0.2, 0.25) is 5.91 Å². The molecule has 1 aromatic carbocycles. The molecule has 2 aromatic rings. The summed E-state index contributed by atoms with van der Waals surface area (Å²) in [5, 5.41) is 7.73. The van der Waals surface area contributed by atoms with Crippen molar-refractivity contribution in [2.75, 3.05) is 19.0 Å². The fourth-order valence-corrected chi connectivity index (χ4v) is 4.06. The number of carbonyl (C=O) groups is 1. The molecular weight excluding hydrogens is 330 g/mol. The highest BCUT2D eigenvalue weighted by Gasteiger charge is 2.39. The lowest BCUT2D eigenvalue weighted by Gasteiger charge is -2.29. The van der Waals surface area contributed by atoms with Gasteiger partial charge in [0.05, 0.1) is 12.8 Å². The van der Waals surface area contributed by atoms with E-state index in [1.54, 1.807) is 7.11 Å². The molecule has 1 aliphatic carbocycles. The zero-order chi connectivity index (χ0) is 17.8. The summed E-state index contributed by atoms with van der Waals surface area (Å²) in [5.41, 5.74) is 4.44. The topological polar surface area (TPSA) is 65.4 Å². The van der Waals surface area contributed by atoms with Gasteiger partial charge in [-0.05, 0) is 30.6 Å². The van der Waals surface area contributed by atoms with E-state index < -0.39 is 0 Å². The van der Waals surface area contributed by atoms with Gasteiger partial charge in [-0.2, -0.15) is 5.10 Å². The largest absolute Gasteiger partial charge is 0.493 e. The van der Waals surface area contributed by atoms with Crippen molar-refractivity contribution in [3.8, 4) is 11.5 Å². The van der Waals surface area contributed by atoms with Crippen LogP contribution >= 0.6 is 0 Å². The first-order chi connectivity index (χ1) is 12.7. The number of nitrogens with one attached hydrogen (secondary N) is 1. The molecule has 6 nitrogen and oxygen atoms in total. The molecule has 0 radical (unpaired) electrons. The van der Waals surface area contributed by atoms with Crippen molar-refractivity contribution in [3.05, 3.63) is 40.6 Å². The molecule has 134 valence electrons. The Kier molecular flexibility index (Phi) is 3.35. The number of rotatable bonds is 3. The summed E-state index contributed by atoms with van der Waals surface area (Å²) in [6, 6.07) is 5.88. The zero-order valence-electron chi connectivity index (χ0n) is 14.9. The van der Waals surface area contributed by atoms with Gasteiger partial charge in [-0.25, -0.2) is 0 Å². The molecule has 1 saturated carbocycles. The Morgan fingerprint density at radius 2 is 2.19 bits per heavy atom. The van der Waals surface area contributed by atoms with Gasteiger partial charge in [-0.1, -0.05) is 12.1 Å². The second-order valence-electron chi connectivity index (χ2n) is 7.24. The summed E-state index contributed by atoms with van der Waals surface area (Å²) in [5.74, 6) is 2.92. The lowest BCUT2D eigenvalue weighted by molar-refractivity contribution is -0.116. The molecule has 1 unspecified atom stereocenters. The number of aryl methyl sites for hydroxylation is 1. The Morgan fingerprint density at radius 1 is 1.35 bits per heavy atom. The number of fused-ring (bicyclic) bond motifs is 2. The van der Waals surface area contributed by atoms with Crippen molar-refractivity contribution in [3.63, 3.8) is 0 Å². The minimum absolute atomic E-state index is 0.0161. The number of para-hydroxylation sites is 1. The van der Waals surface area contributed by atoms with Gasteiger partial charge in [0, 0.05) is 36.4 Å². The zero-order valence-corrected chi connectivity index (χ0v) is 14.9. The Balaban J connectivity index is 1.61. The number of aromatic nitrogens is 2. The van der Waals surface area contributed by atoms with Gasteiger partial charge in [0.1, 0.15) is 12.4 Å². The van der Waals surface area contributed by atoms with Crippen LogP contribution in [-0.2, 0) is 11.8 Å². The van der Waals surface area contributed by atoms with E-state index in [-0.39, 0.29) is 11.8 Å². The van der Waals surface area contributed by atoms with Crippen LogP contribution in [0.4, 0.5) is 5.82 Å². The first-order valence-electron chi connectivity index (χ1n) is 9.02. The van der Waals surface area contributed by atoms with Crippen molar-refractivity contribution < 1.29 is 14.3 Å². The average molecular weight is 351 g/mol. The molecule has 3 heterocycles. The Hall–Kier alpha value is -2.76. The lowest BCUT2D eigenvalue weighted by Crippen LogP contribution is -2.27. The number of benzene rings is 1. The van der Waals surface area contributed by atoms with Gasteiger partial charge in [0.25, 0.3) is 0 Å². The van der Waals surface area contributed by atoms with Gasteiger partial charge in [-0.3, -0.25) is 9.48 Å². The SMILES string of the molecule is COc1cccc2c1OCC(C1CC(=O)Nc3c1c(C1CC1)nn3C)=C2. The third kappa shape index (κ3) is 2.32. The summed E-state index contributed by atoms with van der Waals surface area (Å²) >= 11 is 0. The van der Waals surface area contributed by atoms with E-state index in [4.69, 9.17) is 14.6 Å². The van der Waals surface area contributed by atoms with E-state index in [0.29, 0.717) is 18.9 Å².